The van der Waals surface area contributed by atoms with E-state index in [4.69, 9.17) is 17.3 Å². The Hall–Kier alpha value is -0.770. The monoisotopic (exact) mass is 405 g/mol. The van der Waals surface area contributed by atoms with Gasteiger partial charge in [0.05, 0.1) is 10.7 Å². The second-order valence-electron chi connectivity index (χ2n) is 10.6. The van der Waals surface area contributed by atoms with Gasteiger partial charge in [-0.2, -0.15) is 0 Å². The highest BCUT2D eigenvalue weighted by Gasteiger charge is 2.38. The molecule has 158 valence electrons. The van der Waals surface area contributed by atoms with Gasteiger partial charge in [-0.25, -0.2) is 0 Å². The Morgan fingerprint density at radius 1 is 1.14 bits per heavy atom. The number of hydrogen-bond donors (Lipinski definition) is 1. The zero-order chi connectivity index (χ0) is 20.5. The number of benzene rings is 1. The molecule has 1 aromatic carbocycles. The normalized spacial score (nSPS) is 27.8. The van der Waals surface area contributed by atoms with Crippen molar-refractivity contribution < 1.29 is 0 Å². The molecule has 4 heteroatoms. The lowest BCUT2D eigenvalue weighted by Crippen LogP contribution is -2.55. The lowest BCUT2D eigenvalue weighted by atomic mass is 9.76. The minimum atomic E-state index is 0.0757. The van der Waals surface area contributed by atoms with Crippen LogP contribution in [0.15, 0.2) is 18.2 Å². The zero-order valence-electron chi connectivity index (χ0n) is 18.6. The number of nitrogens with two attached hydrogens (primary N) is 1. The zero-order valence-corrected chi connectivity index (χ0v) is 19.4. The molecule has 3 rings (SSSR count). The number of aryl methyl sites for hydroxylation is 1. The molecule has 2 fully saturated rings. The van der Waals surface area contributed by atoms with E-state index in [-0.39, 0.29) is 11.0 Å². The van der Waals surface area contributed by atoms with Gasteiger partial charge in [0.15, 0.2) is 0 Å². The fraction of sp³-hybridized carbons (Fsp3) is 0.750. The van der Waals surface area contributed by atoms with Crippen LogP contribution in [0.25, 0.3) is 0 Å². The molecule has 0 spiro atoms. The third-order valence-corrected chi connectivity index (χ3v) is 7.23. The smallest absolute Gasteiger partial charge is 0.0671 e. The maximum absolute atomic E-state index is 6.85. The summed E-state index contributed by atoms with van der Waals surface area (Å²) < 4.78 is 0. The van der Waals surface area contributed by atoms with Crippen LogP contribution in [0.4, 0.5) is 5.69 Å². The van der Waals surface area contributed by atoms with Crippen LogP contribution in [0.3, 0.4) is 0 Å². The molecule has 1 aliphatic carbocycles. The minimum Gasteiger partial charge on any atom is -0.364 e. The van der Waals surface area contributed by atoms with Crippen LogP contribution in [0.2, 0.25) is 5.02 Å². The van der Waals surface area contributed by atoms with Crippen LogP contribution in [0.1, 0.15) is 65.9 Å². The van der Waals surface area contributed by atoms with E-state index in [9.17, 15) is 0 Å². The van der Waals surface area contributed by atoms with Crippen molar-refractivity contribution in [2.45, 2.75) is 78.3 Å². The maximum atomic E-state index is 6.85. The van der Waals surface area contributed by atoms with E-state index in [1.54, 1.807) is 0 Å². The Morgan fingerprint density at radius 3 is 2.50 bits per heavy atom. The van der Waals surface area contributed by atoms with Crippen LogP contribution in [0.5, 0.6) is 0 Å². The van der Waals surface area contributed by atoms with E-state index in [2.05, 4.69) is 62.6 Å². The summed E-state index contributed by atoms with van der Waals surface area (Å²) in [5.74, 6) is 0.840. The molecule has 0 amide bonds. The molecule has 1 aliphatic heterocycles. The Labute approximate surface area is 177 Å². The highest BCUT2D eigenvalue weighted by atomic mass is 35.5. The maximum Gasteiger partial charge on any atom is 0.0671 e. The van der Waals surface area contributed by atoms with E-state index in [0.29, 0.717) is 6.04 Å². The van der Waals surface area contributed by atoms with Crippen LogP contribution < -0.4 is 10.6 Å². The van der Waals surface area contributed by atoms with Crippen molar-refractivity contribution in [3.63, 3.8) is 0 Å². The fourth-order valence-corrected chi connectivity index (χ4v) is 5.99. The van der Waals surface area contributed by atoms with Gasteiger partial charge in [0.1, 0.15) is 0 Å². The predicted molar refractivity (Wildman–Crippen MR) is 122 cm³/mol. The molecule has 3 nitrogen and oxygen atoms in total. The van der Waals surface area contributed by atoms with Crippen molar-refractivity contribution in [1.82, 2.24) is 4.90 Å². The third-order valence-electron chi connectivity index (χ3n) is 6.79. The predicted octanol–water partition coefficient (Wildman–Crippen LogP) is 5.35. The number of halogens is 1. The summed E-state index contributed by atoms with van der Waals surface area (Å²) >= 11 is 6.85. The number of rotatable bonds is 5. The van der Waals surface area contributed by atoms with Crippen LogP contribution in [-0.4, -0.2) is 42.7 Å². The second-order valence-corrected chi connectivity index (χ2v) is 10.9. The van der Waals surface area contributed by atoms with Gasteiger partial charge in [0.2, 0.25) is 0 Å². The van der Waals surface area contributed by atoms with E-state index in [0.717, 1.165) is 36.9 Å². The Kier molecular flexibility index (Phi) is 6.68. The van der Waals surface area contributed by atoms with Crippen molar-refractivity contribution in [1.29, 1.82) is 0 Å². The van der Waals surface area contributed by atoms with Gasteiger partial charge in [-0.3, -0.25) is 0 Å². The molecule has 1 saturated heterocycles. The molecule has 0 aromatic heterocycles. The molecule has 0 bridgehead atoms. The third kappa shape index (κ3) is 5.04. The van der Waals surface area contributed by atoms with E-state index >= 15 is 0 Å². The van der Waals surface area contributed by atoms with Gasteiger partial charge in [-0.1, -0.05) is 44.5 Å². The number of nitrogens with zero attached hydrogens (tertiary/aromatic N) is 2. The molecule has 0 unspecified atom stereocenters. The SMILES string of the molecule is CCc1cccc(N2CCN(CCC3CC(N)C3)CC(C)(C)CC2(C)C)c1Cl. The second kappa shape index (κ2) is 8.53. The van der Waals surface area contributed by atoms with E-state index < -0.39 is 0 Å². The van der Waals surface area contributed by atoms with E-state index in [1.807, 2.05) is 0 Å². The van der Waals surface area contributed by atoms with Gasteiger partial charge >= 0.3 is 0 Å². The highest BCUT2D eigenvalue weighted by Crippen LogP contribution is 2.40. The topological polar surface area (TPSA) is 32.5 Å². The van der Waals surface area contributed by atoms with Crippen molar-refractivity contribution in [3.8, 4) is 0 Å². The summed E-state index contributed by atoms with van der Waals surface area (Å²) in [4.78, 5) is 5.26. The Morgan fingerprint density at radius 2 is 1.86 bits per heavy atom. The first-order chi connectivity index (χ1) is 13.1. The minimum absolute atomic E-state index is 0.0757. The largest absolute Gasteiger partial charge is 0.364 e. The first kappa shape index (κ1) is 21.9. The summed E-state index contributed by atoms with van der Waals surface area (Å²) in [7, 11) is 0. The average molecular weight is 406 g/mol. The van der Waals surface area contributed by atoms with Gasteiger partial charge in [-0.15, -0.1) is 0 Å². The van der Waals surface area contributed by atoms with Gasteiger partial charge in [-0.05, 0) is 75.5 Å². The van der Waals surface area contributed by atoms with Crippen molar-refractivity contribution in [3.05, 3.63) is 28.8 Å². The number of hydrogen-bond acceptors (Lipinski definition) is 3. The molecule has 0 radical (unpaired) electrons. The molecule has 2 aliphatic rings. The molecular weight excluding hydrogens is 366 g/mol. The quantitative estimate of drug-likeness (QED) is 0.716. The molecule has 2 N–H and O–H groups in total. The van der Waals surface area contributed by atoms with Crippen molar-refractivity contribution in [2.75, 3.05) is 31.1 Å². The summed E-state index contributed by atoms with van der Waals surface area (Å²) in [6.45, 7) is 16.3. The van der Waals surface area contributed by atoms with Gasteiger partial charge in [0.25, 0.3) is 0 Å². The molecule has 1 heterocycles. The Bertz CT molecular complexity index is 664. The van der Waals surface area contributed by atoms with Crippen molar-refractivity contribution >= 4 is 17.3 Å². The lowest BCUT2D eigenvalue weighted by molar-refractivity contribution is 0.112. The van der Waals surface area contributed by atoms with Crippen molar-refractivity contribution in [2.24, 2.45) is 17.1 Å². The summed E-state index contributed by atoms with van der Waals surface area (Å²) in [6.07, 6.45) is 5.85. The molecular formula is C24H40ClN3. The summed E-state index contributed by atoms with van der Waals surface area (Å²) in [6, 6.07) is 6.98. The summed E-state index contributed by atoms with van der Waals surface area (Å²) in [5, 5.41) is 0.937. The van der Waals surface area contributed by atoms with Gasteiger partial charge < -0.3 is 15.5 Å². The fourth-order valence-electron chi connectivity index (χ4n) is 5.62. The average Bonchev–Trinajstić information content (AvgIpc) is 2.56. The van der Waals surface area contributed by atoms with E-state index in [1.165, 1.54) is 43.6 Å². The van der Waals surface area contributed by atoms with Crippen LogP contribution >= 0.6 is 11.6 Å². The highest BCUT2D eigenvalue weighted by molar-refractivity contribution is 6.34. The molecule has 1 aromatic rings. The first-order valence-corrected chi connectivity index (χ1v) is 11.5. The molecule has 28 heavy (non-hydrogen) atoms. The molecule has 1 saturated carbocycles. The Balaban J connectivity index is 1.78. The molecule has 0 atom stereocenters. The first-order valence-electron chi connectivity index (χ1n) is 11.1. The number of anilines is 1. The summed E-state index contributed by atoms with van der Waals surface area (Å²) in [5.41, 5.74) is 8.78. The van der Waals surface area contributed by atoms with Gasteiger partial charge in [0, 0.05) is 31.2 Å². The van der Waals surface area contributed by atoms with Crippen LogP contribution in [0, 0.1) is 11.3 Å². The lowest BCUT2D eigenvalue weighted by Gasteiger charge is -2.49. The van der Waals surface area contributed by atoms with Crippen LogP contribution in [-0.2, 0) is 6.42 Å². The standard InChI is InChI=1S/C24H40ClN3/c1-6-19-8-7-9-21(22(19)25)28-13-12-27(11-10-18-14-20(26)15-18)17-23(2,3)16-24(28,4)5/h7-9,18,20H,6,10-17,26H2,1-5H3.